The van der Waals surface area contributed by atoms with Gasteiger partial charge in [0.1, 0.15) is 0 Å². The minimum atomic E-state index is -0.125. The van der Waals surface area contributed by atoms with Crippen LogP contribution in [0.3, 0.4) is 0 Å². The number of rotatable bonds is 4. The molecular formula is C20H26O. The van der Waals surface area contributed by atoms with E-state index in [1.165, 1.54) is 37.7 Å². The topological polar surface area (TPSA) is 20.2 Å². The van der Waals surface area contributed by atoms with Gasteiger partial charge in [0.15, 0.2) is 0 Å². The fourth-order valence-corrected chi connectivity index (χ4v) is 5.66. The van der Waals surface area contributed by atoms with Gasteiger partial charge in [0.25, 0.3) is 0 Å². The number of aliphatic hydroxyl groups is 1. The van der Waals surface area contributed by atoms with E-state index in [9.17, 15) is 5.11 Å². The van der Waals surface area contributed by atoms with E-state index in [1.807, 2.05) is 6.07 Å². The van der Waals surface area contributed by atoms with Crippen molar-refractivity contribution in [1.29, 1.82) is 0 Å². The van der Waals surface area contributed by atoms with Crippen LogP contribution in [0.25, 0.3) is 6.08 Å². The minimum Gasteiger partial charge on any atom is -0.392 e. The lowest BCUT2D eigenvalue weighted by molar-refractivity contribution is -0.0880. The summed E-state index contributed by atoms with van der Waals surface area (Å²) in [5.41, 5.74) is 1.23. The summed E-state index contributed by atoms with van der Waals surface area (Å²) in [5.74, 6) is 4.22. The predicted octanol–water partition coefficient (Wildman–Crippen LogP) is 4.52. The van der Waals surface area contributed by atoms with Gasteiger partial charge in [-0.05, 0) is 73.7 Å². The summed E-state index contributed by atoms with van der Waals surface area (Å²) in [7, 11) is 0. The van der Waals surface area contributed by atoms with E-state index in [1.54, 1.807) is 0 Å². The first-order valence-electron chi connectivity index (χ1n) is 8.69. The molecule has 1 aromatic carbocycles. The van der Waals surface area contributed by atoms with Crippen molar-refractivity contribution in [3.8, 4) is 0 Å². The highest BCUT2D eigenvalue weighted by Crippen LogP contribution is 2.57. The molecule has 112 valence electrons. The Morgan fingerprint density at radius 3 is 2.19 bits per heavy atom. The van der Waals surface area contributed by atoms with Crippen LogP contribution in [0.2, 0.25) is 0 Å². The SMILES string of the molecule is O[C@@H](C/C=C/c1ccccc1)C1C2CC3CC(C2)CC1C3. The summed E-state index contributed by atoms with van der Waals surface area (Å²) in [6.07, 6.45) is 12.1. The van der Waals surface area contributed by atoms with Gasteiger partial charge in [-0.1, -0.05) is 42.5 Å². The van der Waals surface area contributed by atoms with Gasteiger partial charge < -0.3 is 5.11 Å². The Kier molecular flexibility index (Phi) is 3.62. The quantitative estimate of drug-likeness (QED) is 0.860. The zero-order valence-electron chi connectivity index (χ0n) is 12.7. The van der Waals surface area contributed by atoms with Crippen molar-refractivity contribution < 1.29 is 5.11 Å². The molecule has 4 fully saturated rings. The maximum atomic E-state index is 10.7. The molecule has 4 bridgehead atoms. The van der Waals surface area contributed by atoms with Crippen LogP contribution in [0, 0.1) is 29.6 Å². The molecule has 1 heteroatoms. The highest BCUT2D eigenvalue weighted by Gasteiger charge is 2.49. The van der Waals surface area contributed by atoms with Crippen LogP contribution >= 0.6 is 0 Å². The second-order valence-corrected chi connectivity index (χ2v) is 7.62. The van der Waals surface area contributed by atoms with Crippen molar-refractivity contribution in [2.75, 3.05) is 0 Å². The molecule has 21 heavy (non-hydrogen) atoms. The Labute approximate surface area is 128 Å². The summed E-state index contributed by atoms with van der Waals surface area (Å²) in [6, 6.07) is 10.4. The van der Waals surface area contributed by atoms with Crippen LogP contribution in [-0.2, 0) is 0 Å². The second kappa shape index (κ2) is 5.61. The van der Waals surface area contributed by atoms with Crippen molar-refractivity contribution in [1.82, 2.24) is 0 Å². The predicted molar refractivity (Wildman–Crippen MR) is 86.6 cm³/mol. The Balaban J connectivity index is 1.39. The molecule has 4 saturated carbocycles. The van der Waals surface area contributed by atoms with Gasteiger partial charge in [-0.15, -0.1) is 0 Å². The molecule has 5 rings (SSSR count). The number of benzene rings is 1. The zero-order chi connectivity index (χ0) is 14.2. The largest absolute Gasteiger partial charge is 0.392 e. The van der Waals surface area contributed by atoms with E-state index < -0.39 is 0 Å². The first-order chi connectivity index (χ1) is 10.3. The van der Waals surface area contributed by atoms with Crippen molar-refractivity contribution in [3.63, 3.8) is 0 Å². The number of aliphatic hydroxyl groups excluding tert-OH is 1. The van der Waals surface area contributed by atoms with E-state index >= 15 is 0 Å². The van der Waals surface area contributed by atoms with Crippen LogP contribution in [0.15, 0.2) is 36.4 Å². The molecule has 0 spiro atoms. The highest BCUT2D eigenvalue weighted by atomic mass is 16.3. The minimum absolute atomic E-state index is 0.125. The van der Waals surface area contributed by atoms with Crippen LogP contribution in [-0.4, -0.2) is 11.2 Å². The van der Waals surface area contributed by atoms with Crippen molar-refractivity contribution in [3.05, 3.63) is 42.0 Å². The molecule has 0 amide bonds. The van der Waals surface area contributed by atoms with Gasteiger partial charge in [0.2, 0.25) is 0 Å². The third kappa shape index (κ3) is 2.68. The molecule has 1 aromatic rings. The normalized spacial score (nSPS) is 39.0. The van der Waals surface area contributed by atoms with Crippen LogP contribution in [0.1, 0.15) is 44.1 Å². The second-order valence-electron chi connectivity index (χ2n) is 7.62. The van der Waals surface area contributed by atoms with Gasteiger partial charge in [0, 0.05) is 0 Å². The zero-order valence-corrected chi connectivity index (χ0v) is 12.7. The third-order valence-electron chi connectivity index (χ3n) is 6.23. The van der Waals surface area contributed by atoms with E-state index in [0.717, 1.165) is 30.1 Å². The van der Waals surface area contributed by atoms with E-state index in [2.05, 4.69) is 36.4 Å². The Morgan fingerprint density at radius 2 is 1.57 bits per heavy atom. The number of hydrogen-bond donors (Lipinski definition) is 1. The molecule has 1 nitrogen and oxygen atoms in total. The summed E-state index contributed by atoms with van der Waals surface area (Å²) < 4.78 is 0. The third-order valence-corrected chi connectivity index (χ3v) is 6.23. The van der Waals surface area contributed by atoms with Gasteiger partial charge in [-0.3, -0.25) is 0 Å². The molecule has 0 aromatic heterocycles. The van der Waals surface area contributed by atoms with Crippen LogP contribution in [0.5, 0.6) is 0 Å². The fraction of sp³-hybridized carbons (Fsp3) is 0.600. The molecule has 0 saturated heterocycles. The van der Waals surface area contributed by atoms with Crippen LogP contribution < -0.4 is 0 Å². The molecule has 1 N–H and O–H groups in total. The first-order valence-corrected chi connectivity index (χ1v) is 8.69. The summed E-state index contributed by atoms with van der Waals surface area (Å²) >= 11 is 0. The highest BCUT2D eigenvalue weighted by molar-refractivity contribution is 5.48. The molecule has 0 radical (unpaired) electrons. The van der Waals surface area contributed by atoms with E-state index in [-0.39, 0.29) is 6.10 Å². The Morgan fingerprint density at radius 1 is 0.952 bits per heavy atom. The average Bonchev–Trinajstić information content (AvgIpc) is 2.47. The monoisotopic (exact) mass is 282 g/mol. The smallest absolute Gasteiger partial charge is 0.0608 e. The number of hydrogen-bond acceptors (Lipinski definition) is 1. The lowest BCUT2D eigenvalue weighted by atomic mass is 9.50. The average molecular weight is 282 g/mol. The maximum Gasteiger partial charge on any atom is 0.0608 e. The molecular weight excluding hydrogens is 256 g/mol. The Bertz CT molecular complexity index is 476. The first kappa shape index (κ1) is 13.6. The summed E-state index contributed by atoms with van der Waals surface area (Å²) in [4.78, 5) is 0. The molecule has 0 unspecified atom stereocenters. The lowest BCUT2D eigenvalue weighted by Gasteiger charge is -2.55. The van der Waals surface area contributed by atoms with Gasteiger partial charge >= 0.3 is 0 Å². The van der Waals surface area contributed by atoms with E-state index in [0.29, 0.717) is 5.92 Å². The van der Waals surface area contributed by atoms with Gasteiger partial charge in [-0.2, -0.15) is 0 Å². The summed E-state index contributed by atoms with van der Waals surface area (Å²) in [5, 5.41) is 10.7. The summed E-state index contributed by atoms with van der Waals surface area (Å²) in [6.45, 7) is 0. The molecule has 0 aliphatic heterocycles. The van der Waals surface area contributed by atoms with Gasteiger partial charge in [-0.25, -0.2) is 0 Å². The molecule has 4 aliphatic rings. The van der Waals surface area contributed by atoms with Crippen molar-refractivity contribution in [2.24, 2.45) is 29.6 Å². The Hall–Kier alpha value is -1.08. The molecule has 1 atom stereocenters. The van der Waals surface area contributed by atoms with Crippen LogP contribution in [0.4, 0.5) is 0 Å². The maximum absolute atomic E-state index is 10.7. The fourth-order valence-electron chi connectivity index (χ4n) is 5.66. The van der Waals surface area contributed by atoms with Crippen molar-refractivity contribution >= 4 is 6.08 Å². The lowest BCUT2D eigenvalue weighted by Crippen LogP contribution is -2.49. The van der Waals surface area contributed by atoms with Crippen molar-refractivity contribution in [2.45, 2.75) is 44.6 Å². The van der Waals surface area contributed by atoms with E-state index in [4.69, 9.17) is 0 Å². The van der Waals surface area contributed by atoms with Gasteiger partial charge in [0.05, 0.1) is 6.10 Å². The standard InChI is InChI=1S/C20H26O/c21-19(8-4-7-14-5-2-1-3-6-14)20-17-10-15-9-16(12-17)13-18(20)11-15/h1-7,15-21H,8-13H2/b7-4+/t15?,16?,17?,18?,19-,20?/m0/s1. The molecule has 0 heterocycles. The molecule has 4 aliphatic carbocycles.